The van der Waals surface area contributed by atoms with Gasteiger partial charge in [0.25, 0.3) is 5.56 Å². The molecule has 10 heteroatoms. The molecule has 37 heavy (non-hydrogen) atoms. The van der Waals surface area contributed by atoms with E-state index in [1.807, 2.05) is 49.4 Å². The minimum Gasteiger partial charge on any atom is -0.496 e. The molecule has 4 rings (SSSR count). The van der Waals surface area contributed by atoms with Crippen molar-refractivity contribution in [2.75, 3.05) is 20.8 Å². The van der Waals surface area contributed by atoms with E-state index in [4.69, 9.17) is 19.2 Å². The number of carbonyl (C=O) groups is 1. The number of rotatable bonds is 8. The fourth-order valence-electron chi connectivity index (χ4n) is 4.32. The maximum Gasteiger partial charge on any atom is 0.338 e. The number of allylic oxidation sites excluding steroid dienone is 1. The first kappa shape index (κ1) is 27.8. The zero-order chi connectivity index (χ0) is 26.7. The quantitative estimate of drug-likeness (QED) is 0.245. The number of benzene rings is 2. The monoisotopic (exact) mass is 744 g/mol. The van der Waals surface area contributed by atoms with Crippen molar-refractivity contribution >= 4 is 68.6 Å². The Morgan fingerprint density at radius 3 is 2.46 bits per heavy atom. The van der Waals surface area contributed by atoms with Crippen LogP contribution in [0.15, 0.2) is 57.5 Å². The van der Waals surface area contributed by atoms with Gasteiger partial charge in [0.1, 0.15) is 17.5 Å². The third kappa shape index (κ3) is 5.51. The first-order valence-electron chi connectivity index (χ1n) is 11.7. The van der Waals surface area contributed by atoms with E-state index in [9.17, 15) is 9.59 Å². The zero-order valence-electron chi connectivity index (χ0n) is 20.8. The van der Waals surface area contributed by atoms with Gasteiger partial charge in [-0.2, -0.15) is 0 Å². The lowest BCUT2D eigenvalue weighted by Crippen LogP contribution is -2.40. The highest BCUT2D eigenvalue weighted by Crippen LogP contribution is 2.37. The molecule has 1 aromatic heterocycles. The van der Waals surface area contributed by atoms with Crippen LogP contribution >= 0.6 is 56.5 Å². The van der Waals surface area contributed by atoms with E-state index in [-0.39, 0.29) is 12.2 Å². The van der Waals surface area contributed by atoms with Crippen molar-refractivity contribution < 1.29 is 19.0 Å². The average Bonchev–Trinajstić information content (AvgIpc) is 3.17. The van der Waals surface area contributed by atoms with Crippen molar-refractivity contribution in [1.29, 1.82) is 0 Å². The summed E-state index contributed by atoms with van der Waals surface area (Å²) in [5, 5.41) is 0. The number of methoxy groups -OCH3 is 2. The van der Waals surface area contributed by atoms with Crippen LogP contribution in [0.4, 0.5) is 0 Å². The molecule has 2 aromatic carbocycles. The Balaban J connectivity index is 2.02. The highest BCUT2D eigenvalue weighted by Gasteiger charge is 2.35. The number of para-hydroxylation sites is 1. The minimum atomic E-state index is -0.716. The minimum absolute atomic E-state index is 0.222. The van der Waals surface area contributed by atoms with Crippen LogP contribution in [0.5, 0.6) is 11.5 Å². The van der Waals surface area contributed by atoms with Crippen LogP contribution in [0.25, 0.3) is 6.08 Å². The molecule has 0 fully saturated rings. The molecule has 0 N–H and O–H groups in total. The molecule has 194 valence electrons. The van der Waals surface area contributed by atoms with Gasteiger partial charge in [-0.15, -0.1) is 0 Å². The van der Waals surface area contributed by atoms with E-state index >= 15 is 0 Å². The maximum absolute atomic E-state index is 13.9. The van der Waals surface area contributed by atoms with Gasteiger partial charge in [0.2, 0.25) is 0 Å². The topological polar surface area (TPSA) is 79.1 Å². The lowest BCUT2D eigenvalue weighted by molar-refractivity contribution is -0.139. The van der Waals surface area contributed by atoms with Gasteiger partial charge in [-0.25, -0.2) is 9.79 Å². The van der Waals surface area contributed by atoms with E-state index in [0.29, 0.717) is 38.3 Å². The molecule has 1 aliphatic heterocycles. The predicted molar refractivity (Wildman–Crippen MR) is 161 cm³/mol. The molecule has 1 atom stereocenters. The molecular formula is C27H26I2N2O5S. The van der Waals surface area contributed by atoms with Crippen LogP contribution in [0, 0.1) is 7.14 Å². The van der Waals surface area contributed by atoms with Gasteiger partial charge in [0, 0.05) is 5.56 Å². The summed E-state index contributed by atoms with van der Waals surface area (Å²) in [6.45, 7) is 4.02. The SMILES string of the molecule is CCCC1=C(C(=O)OCC)C(c2ccccc2OC)n2c(s/c(=C\c3cc(I)c(OC)c(I)c3)c2=O)=N1. The van der Waals surface area contributed by atoms with Crippen molar-refractivity contribution in [3.63, 3.8) is 0 Å². The molecule has 3 aromatic rings. The van der Waals surface area contributed by atoms with Crippen LogP contribution < -0.4 is 24.4 Å². The van der Waals surface area contributed by atoms with Gasteiger partial charge in [-0.3, -0.25) is 9.36 Å². The van der Waals surface area contributed by atoms with E-state index in [1.165, 1.54) is 11.3 Å². The summed E-state index contributed by atoms with van der Waals surface area (Å²) in [7, 11) is 3.22. The Labute approximate surface area is 246 Å². The molecule has 0 amide bonds. The third-order valence-electron chi connectivity index (χ3n) is 5.85. The number of nitrogens with zero attached hydrogens (tertiary/aromatic N) is 2. The van der Waals surface area contributed by atoms with Crippen molar-refractivity contribution in [3.05, 3.63) is 85.6 Å². The van der Waals surface area contributed by atoms with Crippen molar-refractivity contribution in [2.45, 2.75) is 32.7 Å². The highest BCUT2D eigenvalue weighted by atomic mass is 127. The van der Waals surface area contributed by atoms with Gasteiger partial charge in [0.15, 0.2) is 4.80 Å². The van der Waals surface area contributed by atoms with E-state index in [0.717, 1.165) is 24.9 Å². The molecule has 0 aliphatic carbocycles. The largest absolute Gasteiger partial charge is 0.496 e. The van der Waals surface area contributed by atoms with Gasteiger partial charge in [0.05, 0.1) is 43.8 Å². The summed E-state index contributed by atoms with van der Waals surface area (Å²) in [4.78, 5) is 32.6. The molecule has 0 radical (unpaired) electrons. The number of aromatic nitrogens is 1. The summed E-state index contributed by atoms with van der Waals surface area (Å²) < 4.78 is 20.6. The normalized spacial score (nSPS) is 15.3. The highest BCUT2D eigenvalue weighted by molar-refractivity contribution is 14.1. The Morgan fingerprint density at radius 1 is 1.14 bits per heavy atom. The summed E-state index contributed by atoms with van der Waals surface area (Å²) in [6.07, 6.45) is 3.23. The first-order chi connectivity index (χ1) is 17.8. The number of ether oxygens (including phenoxy) is 3. The number of hydrogen-bond donors (Lipinski definition) is 0. The molecular weight excluding hydrogens is 718 g/mol. The maximum atomic E-state index is 13.9. The summed E-state index contributed by atoms with van der Waals surface area (Å²) >= 11 is 5.77. The van der Waals surface area contributed by atoms with E-state index < -0.39 is 12.0 Å². The Bertz CT molecular complexity index is 1530. The average molecular weight is 744 g/mol. The fourth-order valence-corrected chi connectivity index (χ4v) is 7.59. The number of fused-ring (bicyclic) bond motifs is 1. The Hall–Kier alpha value is -2.19. The Morgan fingerprint density at radius 2 is 1.84 bits per heavy atom. The molecule has 1 aliphatic rings. The van der Waals surface area contributed by atoms with Gasteiger partial charge in [-0.05, 0) is 88.4 Å². The number of esters is 1. The van der Waals surface area contributed by atoms with Crippen molar-refractivity contribution in [3.8, 4) is 11.5 Å². The van der Waals surface area contributed by atoms with Crippen LogP contribution in [-0.4, -0.2) is 31.4 Å². The van der Waals surface area contributed by atoms with Gasteiger partial charge < -0.3 is 14.2 Å². The summed E-state index contributed by atoms with van der Waals surface area (Å²) in [5.41, 5.74) is 2.38. The molecule has 0 bridgehead atoms. The lowest BCUT2D eigenvalue weighted by Gasteiger charge is -2.26. The molecule has 0 saturated heterocycles. The second kappa shape index (κ2) is 12.1. The molecule has 1 unspecified atom stereocenters. The van der Waals surface area contributed by atoms with Crippen LogP contribution in [-0.2, 0) is 9.53 Å². The zero-order valence-corrected chi connectivity index (χ0v) is 26.0. The van der Waals surface area contributed by atoms with Crippen LogP contribution in [0.1, 0.15) is 43.9 Å². The van der Waals surface area contributed by atoms with E-state index in [1.54, 1.807) is 25.7 Å². The van der Waals surface area contributed by atoms with Crippen LogP contribution in [0.3, 0.4) is 0 Å². The van der Waals surface area contributed by atoms with Crippen molar-refractivity contribution in [2.24, 2.45) is 4.99 Å². The fraction of sp³-hybridized carbons (Fsp3) is 0.296. The summed E-state index contributed by atoms with van der Waals surface area (Å²) in [5.74, 6) is 0.916. The predicted octanol–water partition coefficient (Wildman–Crippen LogP) is 4.80. The second-order valence-electron chi connectivity index (χ2n) is 8.17. The third-order valence-corrected chi connectivity index (χ3v) is 8.43. The Kier molecular flexibility index (Phi) is 9.11. The van der Waals surface area contributed by atoms with Gasteiger partial charge in [-0.1, -0.05) is 42.9 Å². The van der Waals surface area contributed by atoms with E-state index in [2.05, 4.69) is 45.2 Å². The second-order valence-corrected chi connectivity index (χ2v) is 11.5. The first-order valence-corrected chi connectivity index (χ1v) is 14.7. The lowest BCUT2D eigenvalue weighted by atomic mass is 9.93. The molecule has 2 heterocycles. The number of thiazole rings is 1. The molecule has 0 saturated carbocycles. The number of carbonyl (C=O) groups excluding carboxylic acids is 1. The van der Waals surface area contributed by atoms with Crippen molar-refractivity contribution in [1.82, 2.24) is 4.57 Å². The van der Waals surface area contributed by atoms with Crippen LogP contribution in [0.2, 0.25) is 0 Å². The number of hydrogen-bond acceptors (Lipinski definition) is 7. The molecule has 0 spiro atoms. The van der Waals surface area contributed by atoms with Gasteiger partial charge >= 0.3 is 5.97 Å². The standard InChI is InChI=1S/C27H26I2N2O5S/c1-5-9-19-22(26(33)36-6-2)23(16-10-7-8-11-20(16)34-3)31-25(32)21(37-27(31)30-19)14-15-12-17(28)24(35-4)18(29)13-15/h7-8,10-14,23H,5-6,9H2,1-4H3/b21-14-. The smallest absolute Gasteiger partial charge is 0.338 e. The number of halogens is 2. The summed E-state index contributed by atoms with van der Waals surface area (Å²) in [6, 6.07) is 10.7. The molecule has 7 nitrogen and oxygen atoms in total.